The molecule has 1 atom stereocenters. The molecule has 2 rings (SSSR count). The van der Waals surface area contributed by atoms with Crippen LogP contribution in [0.5, 0.6) is 0 Å². The molecule has 1 fully saturated rings. The van der Waals surface area contributed by atoms with Gasteiger partial charge in [0.25, 0.3) is 0 Å². The standard InChI is InChI=1S/C6H5Cl.C6H7NO2S/c7-6-4-2-1-3-5-6;1-4-6(5(9)2-8)7-3-10-4/h1-5H;2,6-7H,1,3H2. The van der Waals surface area contributed by atoms with Crippen LogP contribution in [0, 0.1) is 0 Å². The molecule has 1 heterocycles. The van der Waals surface area contributed by atoms with E-state index >= 15 is 0 Å². The SMILES string of the molecule is C=C1SCNC1C(=O)C=O.Clc1ccccc1. The van der Waals surface area contributed by atoms with Gasteiger partial charge in [-0.3, -0.25) is 14.9 Å². The Hall–Kier alpha value is -1.10. The van der Waals surface area contributed by atoms with Gasteiger partial charge in [-0.15, -0.1) is 11.8 Å². The molecule has 1 aromatic carbocycles. The first-order valence-electron chi connectivity index (χ1n) is 4.89. The Bertz CT molecular complexity index is 408. The van der Waals surface area contributed by atoms with Crippen LogP contribution in [0.25, 0.3) is 0 Å². The lowest BCUT2D eigenvalue weighted by molar-refractivity contribution is -0.130. The van der Waals surface area contributed by atoms with Gasteiger partial charge in [-0.2, -0.15) is 0 Å². The molecule has 0 radical (unpaired) electrons. The van der Waals surface area contributed by atoms with Crippen LogP contribution >= 0.6 is 23.4 Å². The second kappa shape index (κ2) is 7.27. The molecule has 0 amide bonds. The summed E-state index contributed by atoms with van der Waals surface area (Å²) < 4.78 is 0. The molecule has 90 valence electrons. The van der Waals surface area contributed by atoms with Gasteiger partial charge in [0.2, 0.25) is 5.78 Å². The Morgan fingerprint density at radius 1 is 1.47 bits per heavy atom. The highest BCUT2D eigenvalue weighted by Crippen LogP contribution is 2.22. The zero-order valence-corrected chi connectivity index (χ0v) is 10.6. The fourth-order valence-electron chi connectivity index (χ4n) is 1.16. The first kappa shape index (κ1) is 14.0. The molecule has 0 saturated carbocycles. The van der Waals surface area contributed by atoms with Crippen LogP contribution < -0.4 is 5.32 Å². The van der Waals surface area contributed by atoms with Crippen molar-refractivity contribution in [1.82, 2.24) is 5.32 Å². The minimum atomic E-state index is -0.442. The predicted octanol–water partition coefficient (Wildman–Crippen LogP) is 2.27. The second-order valence-electron chi connectivity index (χ2n) is 3.21. The van der Waals surface area contributed by atoms with Crippen LogP contribution in [0.1, 0.15) is 0 Å². The molecular formula is C12H12ClNO2S. The van der Waals surface area contributed by atoms with Crippen molar-refractivity contribution in [1.29, 1.82) is 0 Å². The fourth-order valence-corrected chi connectivity index (χ4v) is 2.10. The number of hydrogen-bond donors (Lipinski definition) is 1. The quantitative estimate of drug-likeness (QED) is 0.661. The Kier molecular flexibility index (Phi) is 5.97. The van der Waals surface area contributed by atoms with E-state index in [-0.39, 0.29) is 0 Å². The number of nitrogens with one attached hydrogen (secondary N) is 1. The number of thioether (sulfide) groups is 1. The van der Waals surface area contributed by atoms with Gasteiger partial charge in [0.05, 0.1) is 0 Å². The summed E-state index contributed by atoms with van der Waals surface area (Å²) in [5.41, 5.74) is 0. The molecule has 0 spiro atoms. The van der Waals surface area contributed by atoms with Gasteiger partial charge in [-0.1, -0.05) is 36.4 Å². The molecule has 1 aliphatic rings. The summed E-state index contributed by atoms with van der Waals surface area (Å²) in [6.45, 7) is 3.63. The molecule has 0 aromatic heterocycles. The van der Waals surface area contributed by atoms with Crippen LogP contribution in [0.15, 0.2) is 41.8 Å². The van der Waals surface area contributed by atoms with Crippen molar-refractivity contribution in [3.63, 3.8) is 0 Å². The summed E-state index contributed by atoms with van der Waals surface area (Å²) in [5.74, 6) is 0.235. The minimum Gasteiger partial charge on any atom is -0.295 e. The Morgan fingerprint density at radius 3 is 2.47 bits per heavy atom. The number of benzene rings is 1. The third-order valence-electron chi connectivity index (χ3n) is 2.00. The Labute approximate surface area is 109 Å². The maximum absolute atomic E-state index is 10.7. The first-order valence-corrected chi connectivity index (χ1v) is 6.26. The third kappa shape index (κ3) is 4.73. The van der Waals surface area contributed by atoms with E-state index in [1.54, 1.807) is 0 Å². The molecule has 0 aliphatic carbocycles. The van der Waals surface area contributed by atoms with E-state index in [9.17, 15) is 9.59 Å². The van der Waals surface area contributed by atoms with E-state index in [4.69, 9.17) is 11.6 Å². The van der Waals surface area contributed by atoms with E-state index in [0.29, 0.717) is 12.2 Å². The summed E-state index contributed by atoms with van der Waals surface area (Å²) in [6, 6.07) is 9.00. The topological polar surface area (TPSA) is 46.2 Å². The van der Waals surface area contributed by atoms with Gasteiger partial charge < -0.3 is 0 Å². The predicted molar refractivity (Wildman–Crippen MR) is 71.0 cm³/mol. The highest BCUT2D eigenvalue weighted by Gasteiger charge is 2.25. The van der Waals surface area contributed by atoms with Crippen molar-refractivity contribution < 1.29 is 9.59 Å². The van der Waals surface area contributed by atoms with Crippen molar-refractivity contribution >= 4 is 35.4 Å². The minimum absolute atomic E-state index is 0.328. The zero-order valence-electron chi connectivity index (χ0n) is 9.06. The van der Waals surface area contributed by atoms with Gasteiger partial charge in [0, 0.05) is 15.8 Å². The van der Waals surface area contributed by atoms with Crippen LogP contribution in [-0.4, -0.2) is 24.0 Å². The summed E-state index contributed by atoms with van der Waals surface area (Å²) >= 11 is 7.00. The van der Waals surface area contributed by atoms with Crippen molar-refractivity contribution in [3.05, 3.63) is 46.8 Å². The average Bonchev–Trinajstić information content (AvgIpc) is 2.76. The number of rotatable bonds is 2. The van der Waals surface area contributed by atoms with E-state index in [1.807, 2.05) is 30.3 Å². The maximum atomic E-state index is 10.7. The maximum Gasteiger partial charge on any atom is 0.217 e. The monoisotopic (exact) mass is 269 g/mol. The summed E-state index contributed by atoms with van der Waals surface area (Å²) in [5, 5.41) is 3.63. The van der Waals surface area contributed by atoms with Crippen molar-refractivity contribution in [2.24, 2.45) is 0 Å². The molecular weight excluding hydrogens is 258 g/mol. The highest BCUT2D eigenvalue weighted by atomic mass is 35.5. The number of carbonyl (C=O) groups excluding carboxylic acids is 2. The van der Waals surface area contributed by atoms with Crippen LogP contribution in [0.4, 0.5) is 0 Å². The largest absolute Gasteiger partial charge is 0.295 e. The summed E-state index contributed by atoms with van der Waals surface area (Å²) in [6.07, 6.45) is 0.328. The highest BCUT2D eigenvalue weighted by molar-refractivity contribution is 8.03. The molecule has 5 heteroatoms. The van der Waals surface area contributed by atoms with Crippen LogP contribution in [0.3, 0.4) is 0 Å². The second-order valence-corrected chi connectivity index (χ2v) is 4.75. The number of Topliss-reactive ketones (excluding diaryl/α,β-unsaturated/α-hetero) is 1. The van der Waals surface area contributed by atoms with Crippen molar-refractivity contribution in [2.75, 3.05) is 5.88 Å². The molecule has 3 nitrogen and oxygen atoms in total. The van der Waals surface area contributed by atoms with Crippen molar-refractivity contribution in [3.8, 4) is 0 Å². The van der Waals surface area contributed by atoms with Gasteiger partial charge >= 0.3 is 0 Å². The van der Waals surface area contributed by atoms with Gasteiger partial charge in [-0.25, -0.2) is 0 Å². The molecule has 17 heavy (non-hydrogen) atoms. The third-order valence-corrected chi connectivity index (χ3v) is 3.17. The van der Waals surface area contributed by atoms with Crippen molar-refractivity contribution in [2.45, 2.75) is 6.04 Å². The molecule has 1 saturated heterocycles. The average molecular weight is 270 g/mol. The number of carbonyl (C=O) groups is 2. The lowest BCUT2D eigenvalue weighted by Crippen LogP contribution is -2.32. The van der Waals surface area contributed by atoms with Crippen LogP contribution in [0.2, 0.25) is 5.02 Å². The van der Waals surface area contributed by atoms with Gasteiger partial charge in [-0.05, 0) is 12.1 Å². The smallest absolute Gasteiger partial charge is 0.217 e. The molecule has 1 aromatic rings. The Morgan fingerprint density at radius 2 is 2.12 bits per heavy atom. The molecule has 1 N–H and O–H groups in total. The van der Waals surface area contributed by atoms with Crippen LogP contribution in [-0.2, 0) is 9.59 Å². The number of aldehydes is 1. The molecule has 1 aliphatic heterocycles. The Balaban J connectivity index is 0.000000181. The summed E-state index contributed by atoms with van der Waals surface area (Å²) in [4.78, 5) is 21.5. The fraction of sp³-hybridized carbons (Fsp3) is 0.167. The number of halogens is 1. The van der Waals surface area contributed by atoms with E-state index in [1.165, 1.54) is 11.8 Å². The first-order chi connectivity index (χ1) is 8.15. The van der Waals surface area contributed by atoms with Gasteiger partial charge in [0.1, 0.15) is 6.04 Å². The van der Waals surface area contributed by atoms with E-state index < -0.39 is 11.8 Å². The van der Waals surface area contributed by atoms with Gasteiger partial charge in [0.15, 0.2) is 6.29 Å². The van der Waals surface area contributed by atoms with E-state index in [0.717, 1.165) is 9.93 Å². The lowest BCUT2D eigenvalue weighted by Gasteiger charge is -2.02. The number of ketones is 1. The molecule has 1 unspecified atom stereocenters. The van der Waals surface area contributed by atoms with E-state index in [2.05, 4.69) is 11.9 Å². The number of hydrogen-bond acceptors (Lipinski definition) is 4. The summed E-state index contributed by atoms with van der Waals surface area (Å²) in [7, 11) is 0. The lowest BCUT2D eigenvalue weighted by atomic mass is 10.2. The normalized spacial score (nSPS) is 18.2. The zero-order chi connectivity index (χ0) is 12.7. The molecule has 0 bridgehead atoms.